The predicted molar refractivity (Wildman–Crippen MR) is 105 cm³/mol. The minimum atomic E-state index is -0.527. The number of halogens is 1. The van der Waals surface area contributed by atoms with Gasteiger partial charge in [0.25, 0.3) is 0 Å². The third-order valence-electron chi connectivity index (χ3n) is 3.92. The summed E-state index contributed by atoms with van der Waals surface area (Å²) in [6.45, 7) is 0.767. The van der Waals surface area contributed by atoms with Gasteiger partial charge in [-0.3, -0.25) is 14.8 Å². The summed E-state index contributed by atoms with van der Waals surface area (Å²) in [5.41, 5.74) is 12.9. The lowest BCUT2D eigenvalue weighted by molar-refractivity contribution is -0.385. The van der Waals surface area contributed by atoms with Gasteiger partial charge in [-0.15, -0.1) is 0 Å². The van der Waals surface area contributed by atoms with Crippen molar-refractivity contribution in [2.24, 2.45) is 11.5 Å². The Kier molecular flexibility index (Phi) is 7.85. The van der Waals surface area contributed by atoms with Gasteiger partial charge in [-0.25, -0.2) is 0 Å². The van der Waals surface area contributed by atoms with Gasteiger partial charge in [0.15, 0.2) is 5.88 Å². The van der Waals surface area contributed by atoms with E-state index in [0.717, 1.165) is 11.8 Å². The first kappa shape index (κ1) is 21.3. The van der Waals surface area contributed by atoms with Crippen molar-refractivity contribution in [3.8, 4) is 0 Å². The summed E-state index contributed by atoms with van der Waals surface area (Å²) in [7, 11) is 1.40. The zero-order valence-corrected chi connectivity index (χ0v) is 16.1. The van der Waals surface area contributed by atoms with Gasteiger partial charge in [-0.1, -0.05) is 41.9 Å². The molecule has 0 bridgehead atoms. The van der Waals surface area contributed by atoms with Crippen molar-refractivity contribution in [3.05, 3.63) is 81.1 Å². The first-order chi connectivity index (χ1) is 13.4. The maximum absolute atomic E-state index is 11.0. The molecular formula is C18H22ClN5O4. The van der Waals surface area contributed by atoms with E-state index in [1.807, 2.05) is 30.3 Å². The van der Waals surface area contributed by atoms with Gasteiger partial charge in [-0.05, 0) is 18.1 Å². The molecule has 0 amide bonds. The second-order valence-electron chi connectivity index (χ2n) is 5.83. The fourth-order valence-electron chi connectivity index (χ4n) is 2.58. The van der Waals surface area contributed by atoms with Crippen LogP contribution in [0.15, 0.2) is 65.4 Å². The first-order valence-corrected chi connectivity index (χ1v) is 8.76. The maximum atomic E-state index is 11.0. The van der Waals surface area contributed by atoms with Crippen molar-refractivity contribution in [1.82, 2.24) is 9.78 Å². The topological polar surface area (TPSA) is 131 Å². The monoisotopic (exact) mass is 407 g/mol. The van der Waals surface area contributed by atoms with E-state index in [0.29, 0.717) is 25.2 Å². The van der Waals surface area contributed by atoms with E-state index in [1.54, 1.807) is 0 Å². The van der Waals surface area contributed by atoms with E-state index in [-0.39, 0.29) is 16.7 Å². The number of hydrogen-bond acceptors (Lipinski definition) is 7. The summed E-state index contributed by atoms with van der Waals surface area (Å²) < 4.78 is 12.3. The van der Waals surface area contributed by atoms with Crippen LogP contribution in [-0.4, -0.2) is 28.4 Å². The van der Waals surface area contributed by atoms with E-state index in [1.165, 1.54) is 24.1 Å². The molecule has 2 aromatic rings. The molecule has 0 radical (unpaired) electrons. The lowest BCUT2D eigenvalue weighted by Gasteiger charge is -2.20. The molecule has 150 valence electrons. The molecule has 28 heavy (non-hydrogen) atoms. The van der Waals surface area contributed by atoms with E-state index in [9.17, 15) is 10.1 Å². The number of allylic oxidation sites excluding steroid dienone is 2. The molecule has 10 heteroatoms. The van der Waals surface area contributed by atoms with Crippen molar-refractivity contribution in [1.29, 1.82) is 0 Å². The Morgan fingerprint density at radius 3 is 2.68 bits per heavy atom. The van der Waals surface area contributed by atoms with Gasteiger partial charge >= 0.3 is 5.69 Å². The predicted octanol–water partition coefficient (Wildman–Crippen LogP) is 2.79. The third-order valence-corrected chi connectivity index (χ3v) is 4.03. The highest BCUT2D eigenvalue weighted by Gasteiger charge is 2.22. The largest absolute Gasteiger partial charge is 0.482 e. The standard InChI is InChI=1S/C18H22ClN5O4/c1-27-18(21)15(9-17(19)20)16(23-11-14(10-22-23)24(25)26)7-8-28-12-13-5-3-2-4-6-13/h2-6,9-11,16H,7-8,12,20-21H2,1H3/b17-9-,18-15-. The van der Waals surface area contributed by atoms with Crippen molar-refractivity contribution in [2.75, 3.05) is 13.7 Å². The molecule has 0 fully saturated rings. The van der Waals surface area contributed by atoms with Gasteiger partial charge in [0, 0.05) is 12.2 Å². The molecule has 0 aliphatic rings. The Bertz CT molecular complexity index is 847. The SMILES string of the molecule is CO/C(N)=C(/C=C(\N)Cl)C(CCOCc1ccccc1)n1cc([N+](=O)[O-])cn1. The number of benzene rings is 1. The summed E-state index contributed by atoms with van der Waals surface area (Å²) in [5, 5.41) is 15.1. The Morgan fingerprint density at radius 1 is 1.39 bits per heavy atom. The number of nitrogens with two attached hydrogens (primary N) is 2. The Balaban J connectivity index is 2.22. The summed E-state index contributed by atoms with van der Waals surface area (Å²) >= 11 is 5.83. The van der Waals surface area contributed by atoms with Crippen LogP contribution < -0.4 is 11.5 Å². The molecule has 0 aliphatic carbocycles. The highest BCUT2D eigenvalue weighted by Crippen LogP contribution is 2.27. The van der Waals surface area contributed by atoms with Crippen molar-refractivity contribution < 1.29 is 14.4 Å². The van der Waals surface area contributed by atoms with Crippen LogP contribution in [0.5, 0.6) is 0 Å². The molecule has 1 aromatic carbocycles. The van der Waals surface area contributed by atoms with Crippen LogP contribution in [0.2, 0.25) is 0 Å². The number of hydrogen-bond donors (Lipinski definition) is 2. The number of nitrogens with zero attached hydrogens (tertiary/aromatic N) is 3. The summed E-state index contributed by atoms with van der Waals surface area (Å²) in [6.07, 6.45) is 4.32. The molecule has 9 nitrogen and oxygen atoms in total. The number of methoxy groups -OCH3 is 1. The van der Waals surface area contributed by atoms with Crippen molar-refractivity contribution in [3.63, 3.8) is 0 Å². The molecule has 1 unspecified atom stereocenters. The van der Waals surface area contributed by atoms with Crippen LogP contribution in [0.3, 0.4) is 0 Å². The second kappa shape index (κ2) is 10.3. The van der Waals surface area contributed by atoms with Crippen LogP contribution >= 0.6 is 11.6 Å². The van der Waals surface area contributed by atoms with Gasteiger partial charge in [0.05, 0.1) is 29.8 Å². The van der Waals surface area contributed by atoms with Gasteiger partial charge in [0.1, 0.15) is 12.4 Å². The van der Waals surface area contributed by atoms with Crippen LogP contribution in [0, 0.1) is 10.1 Å². The van der Waals surface area contributed by atoms with Crippen molar-refractivity contribution >= 4 is 17.3 Å². The third kappa shape index (κ3) is 6.00. The number of rotatable bonds is 10. The normalized spacial score (nSPS) is 13.7. The molecule has 0 saturated heterocycles. The average molecular weight is 408 g/mol. The van der Waals surface area contributed by atoms with E-state index >= 15 is 0 Å². The molecule has 1 heterocycles. The molecule has 2 rings (SSSR count). The lowest BCUT2D eigenvalue weighted by atomic mass is 10.0. The molecule has 0 saturated carbocycles. The molecule has 1 atom stereocenters. The van der Waals surface area contributed by atoms with Gasteiger partial charge in [0.2, 0.25) is 0 Å². The van der Waals surface area contributed by atoms with Crippen LogP contribution in [-0.2, 0) is 16.1 Å². The minimum absolute atomic E-state index is 0.00754. The van der Waals surface area contributed by atoms with E-state index in [4.69, 9.17) is 32.5 Å². The molecule has 4 N–H and O–H groups in total. The van der Waals surface area contributed by atoms with E-state index in [2.05, 4.69) is 5.10 Å². The van der Waals surface area contributed by atoms with Gasteiger partial charge < -0.3 is 20.9 Å². The quantitative estimate of drug-likeness (QED) is 0.154. The number of aromatic nitrogens is 2. The zero-order chi connectivity index (χ0) is 20.5. The number of nitro groups is 1. The Morgan fingerprint density at radius 2 is 2.11 bits per heavy atom. The summed E-state index contributed by atoms with van der Waals surface area (Å²) in [4.78, 5) is 10.5. The first-order valence-electron chi connectivity index (χ1n) is 8.39. The Labute approximate surface area is 167 Å². The minimum Gasteiger partial charge on any atom is -0.482 e. The van der Waals surface area contributed by atoms with Crippen molar-refractivity contribution in [2.45, 2.75) is 19.1 Å². The Hall–Kier alpha value is -3.04. The maximum Gasteiger partial charge on any atom is 0.307 e. The molecule has 0 aliphatic heterocycles. The molecular weight excluding hydrogens is 386 g/mol. The van der Waals surface area contributed by atoms with Gasteiger partial charge in [-0.2, -0.15) is 5.10 Å². The smallest absolute Gasteiger partial charge is 0.307 e. The van der Waals surface area contributed by atoms with Crippen LogP contribution in [0.4, 0.5) is 5.69 Å². The zero-order valence-electron chi connectivity index (χ0n) is 15.3. The highest BCUT2D eigenvalue weighted by molar-refractivity contribution is 6.29. The highest BCUT2D eigenvalue weighted by atomic mass is 35.5. The van der Waals surface area contributed by atoms with Crippen LogP contribution in [0.25, 0.3) is 0 Å². The second-order valence-corrected chi connectivity index (χ2v) is 6.27. The van der Waals surface area contributed by atoms with Crippen LogP contribution in [0.1, 0.15) is 18.0 Å². The summed E-state index contributed by atoms with van der Waals surface area (Å²) in [5.74, 6) is 0.0785. The molecule has 0 spiro atoms. The fourth-order valence-corrected chi connectivity index (χ4v) is 2.70. The average Bonchev–Trinajstić information content (AvgIpc) is 3.17. The van der Waals surface area contributed by atoms with E-state index < -0.39 is 11.0 Å². The molecule has 1 aromatic heterocycles. The summed E-state index contributed by atoms with van der Waals surface area (Å²) in [6, 6.07) is 9.18. The number of ether oxygens (including phenoxy) is 2. The lowest BCUT2D eigenvalue weighted by Crippen LogP contribution is -2.19. The fraction of sp³-hybridized carbons (Fsp3) is 0.278.